The summed E-state index contributed by atoms with van der Waals surface area (Å²) in [5.74, 6) is 0. The molecule has 0 bridgehead atoms. The van der Waals surface area contributed by atoms with Crippen molar-refractivity contribution in [2.24, 2.45) is 0 Å². The van der Waals surface area contributed by atoms with Crippen molar-refractivity contribution < 1.29 is 9.47 Å². The molecular weight excluding hydrogens is 256 g/mol. The van der Waals surface area contributed by atoms with Crippen molar-refractivity contribution >= 4 is 15.9 Å². The van der Waals surface area contributed by atoms with Gasteiger partial charge < -0.3 is 9.47 Å². The molecule has 1 aromatic carbocycles. The Morgan fingerprint density at radius 3 is 2.07 bits per heavy atom. The number of alkyl halides is 1. The van der Waals surface area contributed by atoms with Crippen molar-refractivity contribution in [3.8, 4) is 0 Å². The molecule has 0 saturated carbocycles. The molecule has 1 aromatic rings. The van der Waals surface area contributed by atoms with Gasteiger partial charge in [0.15, 0.2) is 6.29 Å². The maximum Gasteiger partial charge on any atom is 0.173 e. The SMILES string of the molecule is CCOC(OCC)C(Br)c1ccccc1. The topological polar surface area (TPSA) is 18.5 Å². The van der Waals surface area contributed by atoms with Crippen LogP contribution in [0.25, 0.3) is 0 Å². The van der Waals surface area contributed by atoms with Gasteiger partial charge in [0.05, 0.1) is 4.83 Å². The Bertz CT molecular complexity index is 258. The van der Waals surface area contributed by atoms with Crippen molar-refractivity contribution in [1.82, 2.24) is 0 Å². The smallest absolute Gasteiger partial charge is 0.173 e. The molecule has 0 radical (unpaired) electrons. The van der Waals surface area contributed by atoms with Gasteiger partial charge in [-0.3, -0.25) is 0 Å². The third-order valence-corrected chi connectivity index (χ3v) is 2.98. The Kier molecular flexibility index (Phi) is 5.91. The van der Waals surface area contributed by atoms with Crippen LogP contribution in [0.3, 0.4) is 0 Å². The third kappa shape index (κ3) is 3.93. The van der Waals surface area contributed by atoms with Crippen LogP contribution in [0.15, 0.2) is 30.3 Å². The number of ether oxygens (including phenoxy) is 2. The van der Waals surface area contributed by atoms with Crippen LogP contribution in [0.4, 0.5) is 0 Å². The average molecular weight is 273 g/mol. The lowest BCUT2D eigenvalue weighted by atomic mass is 10.1. The minimum atomic E-state index is -0.220. The molecule has 0 N–H and O–H groups in total. The molecule has 0 aliphatic carbocycles. The van der Waals surface area contributed by atoms with Gasteiger partial charge in [-0.25, -0.2) is 0 Å². The van der Waals surface area contributed by atoms with Crippen molar-refractivity contribution in [1.29, 1.82) is 0 Å². The molecular formula is C12H17BrO2. The fourth-order valence-electron chi connectivity index (χ4n) is 1.34. The van der Waals surface area contributed by atoms with E-state index >= 15 is 0 Å². The summed E-state index contributed by atoms with van der Waals surface area (Å²) in [5.41, 5.74) is 1.17. The van der Waals surface area contributed by atoms with Gasteiger partial charge in [0, 0.05) is 13.2 Å². The first-order chi connectivity index (χ1) is 7.29. The van der Waals surface area contributed by atoms with Gasteiger partial charge in [-0.1, -0.05) is 46.3 Å². The van der Waals surface area contributed by atoms with E-state index in [1.54, 1.807) is 0 Å². The zero-order chi connectivity index (χ0) is 11.1. The quantitative estimate of drug-likeness (QED) is 0.583. The minimum absolute atomic E-state index is 0.0820. The van der Waals surface area contributed by atoms with E-state index in [9.17, 15) is 0 Å². The van der Waals surface area contributed by atoms with Crippen molar-refractivity contribution in [2.45, 2.75) is 25.0 Å². The van der Waals surface area contributed by atoms with E-state index in [1.165, 1.54) is 5.56 Å². The van der Waals surface area contributed by atoms with Crippen LogP contribution in [-0.4, -0.2) is 19.5 Å². The van der Waals surface area contributed by atoms with Gasteiger partial charge in [0.2, 0.25) is 0 Å². The molecule has 0 aliphatic rings. The first-order valence-electron chi connectivity index (χ1n) is 5.21. The molecule has 1 rings (SSSR count). The average Bonchev–Trinajstić information content (AvgIpc) is 2.29. The maximum atomic E-state index is 5.53. The number of rotatable bonds is 6. The summed E-state index contributed by atoms with van der Waals surface area (Å²) >= 11 is 3.60. The Morgan fingerprint density at radius 1 is 1.07 bits per heavy atom. The number of halogens is 1. The van der Waals surface area contributed by atoms with E-state index in [0.29, 0.717) is 13.2 Å². The highest BCUT2D eigenvalue weighted by Crippen LogP contribution is 2.28. The van der Waals surface area contributed by atoms with Gasteiger partial charge in [-0.15, -0.1) is 0 Å². The van der Waals surface area contributed by atoms with Crippen molar-refractivity contribution in [2.75, 3.05) is 13.2 Å². The van der Waals surface area contributed by atoms with E-state index < -0.39 is 0 Å². The molecule has 0 fully saturated rings. The lowest BCUT2D eigenvalue weighted by Crippen LogP contribution is -2.22. The highest BCUT2D eigenvalue weighted by atomic mass is 79.9. The summed E-state index contributed by atoms with van der Waals surface area (Å²) < 4.78 is 11.1. The highest BCUT2D eigenvalue weighted by molar-refractivity contribution is 9.09. The normalized spacial score (nSPS) is 13.1. The largest absolute Gasteiger partial charge is 0.351 e. The lowest BCUT2D eigenvalue weighted by Gasteiger charge is -2.22. The molecule has 84 valence electrons. The van der Waals surface area contributed by atoms with Gasteiger partial charge in [-0.05, 0) is 19.4 Å². The zero-order valence-corrected chi connectivity index (χ0v) is 10.7. The predicted octanol–water partition coefficient (Wildman–Crippen LogP) is 3.52. The summed E-state index contributed by atoms with van der Waals surface area (Å²) in [5, 5.41) is 0. The summed E-state index contributed by atoms with van der Waals surface area (Å²) in [6, 6.07) is 10.1. The molecule has 0 aliphatic heterocycles. The Hall–Kier alpha value is -0.380. The summed E-state index contributed by atoms with van der Waals surface area (Å²) in [6.07, 6.45) is -0.220. The Balaban J connectivity index is 2.67. The van der Waals surface area contributed by atoms with Gasteiger partial charge >= 0.3 is 0 Å². The summed E-state index contributed by atoms with van der Waals surface area (Å²) in [6.45, 7) is 5.24. The minimum Gasteiger partial charge on any atom is -0.351 e. The van der Waals surface area contributed by atoms with Gasteiger partial charge in [-0.2, -0.15) is 0 Å². The third-order valence-electron chi connectivity index (χ3n) is 2.02. The predicted molar refractivity (Wildman–Crippen MR) is 65.2 cm³/mol. The van der Waals surface area contributed by atoms with Crippen LogP contribution in [0.1, 0.15) is 24.2 Å². The Morgan fingerprint density at radius 2 is 1.60 bits per heavy atom. The van der Waals surface area contributed by atoms with Gasteiger partial charge in [0.25, 0.3) is 0 Å². The molecule has 2 nitrogen and oxygen atoms in total. The number of hydrogen-bond donors (Lipinski definition) is 0. The molecule has 15 heavy (non-hydrogen) atoms. The second-order valence-electron chi connectivity index (χ2n) is 3.09. The second kappa shape index (κ2) is 6.99. The molecule has 0 amide bonds. The first kappa shape index (κ1) is 12.7. The van der Waals surface area contributed by atoms with E-state index in [1.807, 2.05) is 32.0 Å². The second-order valence-corrected chi connectivity index (χ2v) is 4.08. The van der Waals surface area contributed by atoms with Crippen LogP contribution in [0.2, 0.25) is 0 Å². The Labute approximate surface area is 99.7 Å². The molecule has 0 heterocycles. The van der Waals surface area contributed by atoms with Crippen LogP contribution in [0, 0.1) is 0 Å². The van der Waals surface area contributed by atoms with Crippen LogP contribution < -0.4 is 0 Å². The fourth-order valence-corrected chi connectivity index (χ4v) is 1.95. The van der Waals surface area contributed by atoms with E-state index in [-0.39, 0.29) is 11.1 Å². The van der Waals surface area contributed by atoms with Crippen LogP contribution in [0.5, 0.6) is 0 Å². The molecule has 0 saturated heterocycles. The van der Waals surface area contributed by atoms with E-state index in [2.05, 4.69) is 28.1 Å². The standard InChI is InChI=1S/C12H17BrO2/c1-3-14-12(15-4-2)11(13)10-8-6-5-7-9-10/h5-9,11-12H,3-4H2,1-2H3. The summed E-state index contributed by atoms with van der Waals surface area (Å²) in [7, 11) is 0. The maximum absolute atomic E-state index is 5.53. The summed E-state index contributed by atoms with van der Waals surface area (Å²) in [4.78, 5) is 0.0820. The molecule has 1 unspecified atom stereocenters. The van der Waals surface area contributed by atoms with Crippen LogP contribution in [-0.2, 0) is 9.47 Å². The van der Waals surface area contributed by atoms with Crippen molar-refractivity contribution in [3.05, 3.63) is 35.9 Å². The molecule has 0 aromatic heterocycles. The molecule has 1 atom stereocenters. The van der Waals surface area contributed by atoms with Gasteiger partial charge in [0.1, 0.15) is 0 Å². The molecule has 0 spiro atoms. The highest BCUT2D eigenvalue weighted by Gasteiger charge is 2.20. The monoisotopic (exact) mass is 272 g/mol. The first-order valence-corrected chi connectivity index (χ1v) is 6.13. The van der Waals surface area contributed by atoms with E-state index in [4.69, 9.17) is 9.47 Å². The molecule has 3 heteroatoms. The zero-order valence-electron chi connectivity index (χ0n) is 9.15. The van der Waals surface area contributed by atoms with Crippen LogP contribution >= 0.6 is 15.9 Å². The lowest BCUT2D eigenvalue weighted by molar-refractivity contribution is -0.135. The number of benzene rings is 1. The number of hydrogen-bond acceptors (Lipinski definition) is 2. The van der Waals surface area contributed by atoms with Crippen molar-refractivity contribution in [3.63, 3.8) is 0 Å². The fraction of sp³-hybridized carbons (Fsp3) is 0.500. The van der Waals surface area contributed by atoms with E-state index in [0.717, 1.165) is 0 Å².